The molecule has 186 valence electrons. The maximum absolute atomic E-state index is 12.4. The number of carboxylic acids is 1. The van der Waals surface area contributed by atoms with Crippen LogP contribution in [0.2, 0.25) is 0 Å². The van der Waals surface area contributed by atoms with Crippen molar-refractivity contribution in [3.05, 3.63) is 60.4 Å². The molecule has 0 radical (unpaired) electrons. The molecule has 2 fully saturated rings. The first-order valence-corrected chi connectivity index (χ1v) is 11.2. The van der Waals surface area contributed by atoms with Crippen LogP contribution in [0.5, 0.6) is 0 Å². The van der Waals surface area contributed by atoms with E-state index in [9.17, 15) is 18.0 Å². The molecule has 0 bridgehead atoms. The van der Waals surface area contributed by atoms with Gasteiger partial charge in [0.2, 0.25) is 5.91 Å². The van der Waals surface area contributed by atoms with Gasteiger partial charge < -0.3 is 21.1 Å². The zero-order valence-electron chi connectivity index (χ0n) is 18.8. The van der Waals surface area contributed by atoms with Crippen LogP contribution in [0.3, 0.4) is 0 Å². The molecule has 5 rings (SSSR count). The SMILES string of the molecule is O=C(O)C(F)(F)F.O=C1NCC2(CCNCC2)C1NCc1ccc(-n2cnc3ccccc32)cc1. The number of aromatic nitrogens is 2. The third-order valence-electron chi connectivity index (χ3n) is 6.51. The smallest absolute Gasteiger partial charge is 0.475 e. The topological polar surface area (TPSA) is 108 Å². The first kappa shape index (κ1) is 24.7. The summed E-state index contributed by atoms with van der Waals surface area (Å²) in [6.07, 6.45) is -1.15. The molecule has 35 heavy (non-hydrogen) atoms. The first-order chi connectivity index (χ1) is 16.7. The van der Waals surface area contributed by atoms with Gasteiger partial charge in [-0.3, -0.25) is 9.36 Å². The lowest BCUT2D eigenvalue weighted by molar-refractivity contribution is -0.192. The van der Waals surface area contributed by atoms with E-state index in [-0.39, 0.29) is 17.4 Å². The fourth-order valence-electron chi connectivity index (χ4n) is 4.60. The number of para-hydroxylation sites is 2. The molecular weight excluding hydrogens is 463 g/mol. The number of benzene rings is 2. The summed E-state index contributed by atoms with van der Waals surface area (Å²) in [4.78, 5) is 25.8. The van der Waals surface area contributed by atoms with E-state index in [0.717, 1.165) is 49.2 Å². The minimum atomic E-state index is -5.08. The van der Waals surface area contributed by atoms with E-state index < -0.39 is 12.1 Å². The van der Waals surface area contributed by atoms with Crippen LogP contribution >= 0.6 is 0 Å². The van der Waals surface area contributed by atoms with Gasteiger partial charge >= 0.3 is 12.1 Å². The molecule has 2 aliphatic heterocycles. The average molecular weight is 489 g/mol. The highest BCUT2D eigenvalue weighted by molar-refractivity contribution is 5.85. The Kier molecular flexibility index (Phi) is 7.08. The molecule has 1 atom stereocenters. The number of carboxylic acid groups (broad SMARTS) is 1. The Labute approximate surface area is 199 Å². The van der Waals surface area contributed by atoms with Gasteiger partial charge in [-0.05, 0) is 55.8 Å². The third-order valence-corrected chi connectivity index (χ3v) is 6.51. The molecule has 2 aliphatic rings. The molecule has 1 spiro atoms. The summed E-state index contributed by atoms with van der Waals surface area (Å²) >= 11 is 0. The number of carbonyl (C=O) groups is 2. The van der Waals surface area contributed by atoms with Gasteiger partial charge in [0.25, 0.3) is 0 Å². The van der Waals surface area contributed by atoms with Crippen molar-refractivity contribution >= 4 is 22.9 Å². The summed E-state index contributed by atoms with van der Waals surface area (Å²) in [5.41, 5.74) is 4.41. The largest absolute Gasteiger partial charge is 0.490 e. The maximum Gasteiger partial charge on any atom is 0.490 e. The van der Waals surface area contributed by atoms with Gasteiger partial charge in [-0.25, -0.2) is 9.78 Å². The number of imidazole rings is 1. The van der Waals surface area contributed by atoms with Crippen LogP contribution in [0.1, 0.15) is 18.4 Å². The zero-order chi connectivity index (χ0) is 25.1. The summed E-state index contributed by atoms with van der Waals surface area (Å²) in [5.74, 6) is -2.61. The fourth-order valence-corrected chi connectivity index (χ4v) is 4.60. The number of hydrogen-bond acceptors (Lipinski definition) is 5. The summed E-state index contributed by atoms with van der Waals surface area (Å²) < 4.78 is 33.8. The lowest BCUT2D eigenvalue weighted by Gasteiger charge is -2.37. The van der Waals surface area contributed by atoms with Crippen LogP contribution < -0.4 is 16.0 Å². The summed E-state index contributed by atoms with van der Waals surface area (Å²) in [6, 6.07) is 16.5. The molecule has 0 aliphatic carbocycles. The molecule has 2 aromatic carbocycles. The van der Waals surface area contributed by atoms with Gasteiger partial charge in [-0.15, -0.1) is 0 Å². The minimum Gasteiger partial charge on any atom is -0.475 e. The molecule has 1 aromatic heterocycles. The molecule has 8 nitrogen and oxygen atoms in total. The van der Waals surface area contributed by atoms with Gasteiger partial charge in [0.1, 0.15) is 6.33 Å². The zero-order valence-corrected chi connectivity index (χ0v) is 18.8. The van der Waals surface area contributed by atoms with Gasteiger partial charge in [-0.2, -0.15) is 13.2 Å². The van der Waals surface area contributed by atoms with Crippen LogP contribution in [0.25, 0.3) is 16.7 Å². The second-order valence-corrected chi connectivity index (χ2v) is 8.72. The molecule has 4 N–H and O–H groups in total. The van der Waals surface area contributed by atoms with Crippen LogP contribution in [-0.2, 0) is 16.1 Å². The number of aliphatic carboxylic acids is 1. The number of halogens is 3. The fraction of sp³-hybridized carbons (Fsp3) is 0.375. The number of amides is 1. The molecule has 2 saturated heterocycles. The Hall–Kier alpha value is -3.44. The van der Waals surface area contributed by atoms with E-state index in [0.29, 0.717) is 6.54 Å². The average Bonchev–Trinajstić information content (AvgIpc) is 3.40. The second kappa shape index (κ2) is 10.0. The summed E-state index contributed by atoms with van der Waals surface area (Å²) in [6.45, 7) is 3.46. The van der Waals surface area contributed by atoms with E-state index in [1.807, 2.05) is 24.5 Å². The normalized spacial score (nSPS) is 19.3. The van der Waals surface area contributed by atoms with Gasteiger partial charge in [0.05, 0.1) is 17.1 Å². The van der Waals surface area contributed by atoms with Crippen molar-refractivity contribution < 1.29 is 27.9 Å². The number of fused-ring (bicyclic) bond motifs is 1. The first-order valence-electron chi connectivity index (χ1n) is 11.2. The Morgan fingerprint density at radius 3 is 2.46 bits per heavy atom. The highest BCUT2D eigenvalue weighted by Gasteiger charge is 2.48. The summed E-state index contributed by atoms with van der Waals surface area (Å²) in [7, 11) is 0. The molecule has 3 heterocycles. The third kappa shape index (κ3) is 5.46. The van der Waals surface area contributed by atoms with Crippen LogP contribution in [0.4, 0.5) is 13.2 Å². The van der Waals surface area contributed by atoms with Crippen molar-refractivity contribution in [1.29, 1.82) is 0 Å². The number of alkyl halides is 3. The molecule has 1 amide bonds. The summed E-state index contributed by atoms with van der Waals surface area (Å²) in [5, 5.41) is 17.1. The van der Waals surface area contributed by atoms with E-state index in [4.69, 9.17) is 9.90 Å². The van der Waals surface area contributed by atoms with Crippen molar-refractivity contribution in [1.82, 2.24) is 25.5 Å². The Morgan fingerprint density at radius 1 is 1.14 bits per heavy atom. The van der Waals surface area contributed by atoms with E-state index >= 15 is 0 Å². The maximum atomic E-state index is 12.4. The number of nitrogens with one attached hydrogen (secondary N) is 3. The number of nitrogens with zero attached hydrogens (tertiary/aromatic N) is 2. The lowest BCUT2D eigenvalue weighted by atomic mass is 9.75. The number of carbonyl (C=O) groups excluding carboxylic acids is 1. The van der Waals surface area contributed by atoms with Crippen LogP contribution in [0, 0.1) is 5.41 Å². The Bertz CT molecular complexity index is 1190. The van der Waals surface area contributed by atoms with Crippen molar-refractivity contribution in [2.24, 2.45) is 5.41 Å². The molecule has 11 heteroatoms. The molecule has 0 saturated carbocycles. The Morgan fingerprint density at radius 2 is 1.80 bits per heavy atom. The van der Waals surface area contributed by atoms with E-state index in [1.54, 1.807) is 0 Å². The number of hydrogen-bond donors (Lipinski definition) is 4. The monoisotopic (exact) mass is 489 g/mol. The van der Waals surface area contributed by atoms with Gasteiger partial charge in [-0.1, -0.05) is 24.3 Å². The van der Waals surface area contributed by atoms with Gasteiger partial charge in [0, 0.05) is 24.2 Å². The highest BCUT2D eigenvalue weighted by atomic mass is 19.4. The van der Waals surface area contributed by atoms with Crippen LogP contribution in [0.15, 0.2) is 54.9 Å². The number of piperidine rings is 1. The predicted octanol–water partition coefficient (Wildman–Crippen LogP) is 2.62. The van der Waals surface area contributed by atoms with E-state index in [2.05, 4.69) is 55.8 Å². The van der Waals surface area contributed by atoms with E-state index in [1.165, 1.54) is 5.56 Å². The highest BCUT2D eigenvalue weighted by Crippen LogP contribution is 2.36. The lowest BCUT2D eigenvalue weighted by Crippen LogP contribution is -2.51. The van der Waals surface area contributed by atoms with Crippen molar-refractivity contribution in [3.63, 3.8) is 0 Å². The van der Waals surface area contributed by atoms with Crippen molar-refractivity contribution in [3.8, 4) is 5.69 Å². The number of rotatable bonds is 4. The van der Waals surface area contributed by atoms with Crippen LogP contribution in [-0.4, -0.2) is 58.4 Å². The van der Waals surface area contributed by atoms with Crippen molar-refractivity contribution in [2.45, 2.75) is 31.6 Å². The molecule has 3 aromatic rings. The predicted molar refractivity (Wildman–Crippen MR) is 123 cm³/mol. The standard InChI is InChI=1S/C22H25N5O.C2HF3O2/c28-21-20(22(14-25-21)9-11-23-12-10-22)24-13-16-5-7-17(8-6-16)27-15-26-18-3-1-2-4-19(18)27;3-2(4,5)1(6)7/h1-8,15,20,23-24H,9-14H2,(H,25,28);(H,6,7). The van der Waals surface area contributed by atoms with Crippen molar-refractivity contribution in [2.75, 3.05) is 19.6 Å². The molecular formula is C24H26F3N5O3. The quantitative estimate of drug-likeness (QED) is 0.449. The second-order valence-electron chi connectivity index (χ2n) is 8.72. The minimum absolute atomic E-state index is 0.0536. The molecule has 1 unspecified atom stereocenters. The van der Waals surface area contributed by atoms with Gasteiger partial charge in [0.15, 0.2) is 0 Å². The Balaban J connectivity index is 0.000000364.